The number of nitrogens with zero attached hydrogens (tertiary/aromatic N) is 1. The van der Waals surface area contributed by atoms with Crippen LogP contribution in [0.2, 0.25) is 0 Å². The van der Waals surface area contributed by atoms with Crippen molar-refractivity contribution in [1.82, 2.24) is 4.98 Å². The lowest BCUT2D eigenvalue weighted by molar-refractivity contribution is 0.510. The molecule has 0 bridgehead atoms. The van der Waals surface area contributed by atoms with E-state index >= 15 is 0 Å². The van der Waals surface area contributed by atoms with Gasteiger partial charge in [-0.3, -0.25) is 4.98 Å². The van der Waals surface area contributed by atoms with Crippen LogP contribution in [-0.2, 0) is 12.8 Å². The highest BCUT2D eigenvalue weighted by Crippen LogP contribution is 2.34. The molecule has 2 nitrogen and oxygen atoms in total. The maximum absolute atomic E-state index is 13.6. The van der Waals surface area contributed by atoms with Gasteiger partial charge in [-0.2, -0.15) is 0 Å². The van der Waals surface area contributed by atoms with Gasteiger partial charge in [0.1, 0.15) is 0 Å². The molecule has 1 aromatic heterocycles. The van der Waals surface area contributed by atoms with Crippen molar-refractivity contribution < 1.29 is 8.78 Å². The van der Waals surface area contributed by atoms with E-state index in [0.29, 0.717) is 10.9 Å². The number of fused-ring (bicyclic) bond motifs is 2. The predicted octanol–water partition coefficient (Wildman–Crippen LogP) is 4.21. The molecule has 1 N–H and O–H groups in total. The smallest absolute Gasteiger partial charge is 0.161 e. The number of nitrogens with one attached hydrogen (secondary N) is 1. The third-order valence-electron chi connectivity index (χ3n) is 3.86. The van der Waals surface area contributed by atoms with Crippen LogP contribution in [-0.4, -0.2) is 11.5 Å². The van der Waals surface area contributed by atoms with E-state index in [-0.39, 0.29) is 0 Å². The lowest BCUT2D eigenvalue weighted by Crippen LogP contribution is -2.12. The van der Waals surface area contributed by atoms with Crippen molar-refractivity contribution in [2.45, 2.75) is 39.0 Å². The first-order chi connectivity index (χ1) is 9.70. The van der Waals surface area contributed by atoms with E-state index in [9.17, 15) is 8.78 Å². The number of benzene rings is 1. The topological polar surface area (TPSA) is 24.9 Å². The van der Waals surface area contributed by atoms with Crippen LogP contribution in [0.3, 0.4) is 0 Å². The minimum Gasteiger partial charge on any atom is -0.384 e. The fourth-order valence-electron chi connectivity index (χ4n) is 2.87. The molecule has 2 aromatic rings. The Bertz CT molecular complexity index is 653. The molecule has 0 radical (unpaired) electrons. The van der Waals surface area contributed by atoms with Gasteiger partial charge in [0, 0.05) is 29.4 Å². The number of halogens is 2. The Hall–Kier alpha value is -1.71. The molecule has 0 amide bonds. The van der Waals surface area contributed by atoms with Gasteiger partial charge in [0.25, 0.3) is 0 Å². The normalized spacial score (nSPS) is 14.3. The molecule has 0 atom stereocenters. The lowest BCUT2D eigenvalue weighted by Gasteiger charge is -2.21. The number of aryl methyl sites for hydroxylation is 1. The molecule has 0 saturated heterocycles. The zero-order valence-corrected chi connectivity index (χ0v) is 11.6. The van der Waals surface area contributed by atoms with Gasteiger partial charge in [0.15, 0.2) is 11.6 Å². The maximum atomic E-state index is 13.6. The summed E-state index contributed by atoms with van der Waals surface area (Å²) in [6, 6.07) is 2.47. The molecule has 1 aliphatic carbocycles. The van der Waals surface area contributed by atoms with Crippen LogP contribution in [0.4, 0.5) is 14.5 Å². The molecule has 0 spiro atoms. The van der Waals surface area contributed by atoms with Crippen LogP contribution in [0.25, 0.3) is 10.9 Å². The van der Waals surface area contributed by atoms with Crippen LogP contribution in [0, 0.1) is 11.6 Å². The molecule has 1 aliphatic rings. The molecule has 0 aliphatic heterocycles. The Morgan fingerprint density at radius 2 is 1.90 bits per heavy atom. The molecule has 0 unspecified atom stereocenters. The minimum absolute atomic E-state index is 0.545. The van der Waals surface area contributed by atoms with Crippen molar-refractivity contribution >= 4 is 16.6 Å². The third-order valence-corrected chi connectivity index (χ3v) is 3.86. The summed E-state index contributed by atoms with van der Waals surface area (Å²) < 4.78 is 27.0. The first kappa shape index (κ1) is 13.3. The highest BCUT2D eigenvalue weighted by atomic mass is 19.2. The molecule has 1 aromatic carbocycles. The monoisotopic (exact) mass is 276 g/mol. The third kappa shape index (κ3) is 2.23. The van der Waals surface area contributed by atoms with E-state index in [0.717, 1.165) is 50.0 Å². The second kappa shape index (κ2) is 5.35. The molecule has 106 valence electrons. The van der Waals surface area contributed by atoms with Gasteiger partial charge in [-0.1, -0.05) is 6.92 Å². The van der Waals surface area contributed by atoms with E-state index in [1.807, 2.05) is 0 Å². The maximum Gasteiger partial charge on any atom is 0.161 e. The Balaban J connectivity index is 2.24. The van der Waals surface area contributed by atoms with Crippen molar-refractivity contribution in [3.8, 4) is 0 Å². The second-order valence-corrected chi connectivity index (χ2v) is 5.33. The van der Waals surface area contributed by atoms with Crippen LogP contribution in [0.1, 0.15) is 37.4 Å². The Morgan fingerprint density at radius 3 is 2.70 bits per heavy atom. The van der Waals surface area contributed by atoms with Gasteiger partial charge in [0.05, 0.1) is 5.52 Å². The molecule has 0 saturated carbocycles. The average molecular weight is 276 g/mol. The molecule has 3 rings (SSSR count). The predicted molar refractivity (Wildman–Crippen MR) is 77.1 cm³/mol. The van der Waals surface area contributed by atoms with E-state index < -0.39 is 11.6 Å². The molecule has 20 heavy (non-hydrogen) atoms. The van der Waals surface area contributed by atoms with Crippen LogP contribution >= 0.6 is 0 Å². The zero-order valence-electron chi connectivity index (χ0n) is 11.6. The number of hydrogen-bond acceptors (Lipinski definition) is 2. The van der Waals surface area contributed by atoms with E-state index in [4.69, 9.17) is 0 Å². The van der Waals surface area contributed by atoms with E-state index in [1.165, 1.54) is 17.7 Å². The van der Waals surface area contributed by atoms with Gasteiger partial charge >= 0.3 is 0 Å². The van der Waals surface area contributed by atoms with Gasteiger partial charge in [-0.05, 0) is 43.7 Å². The fourth-order valence-corrected chi connectivity index (χ4v) is 2.87. The van der Waals surface area contributed by atoms with E-state index in [2.05, 4.69) is 17.2 Å². The quantitative estimate of drug-likeness (QED) is 0.908. The molecule has 0 fully saturated rings. The zero-order chi connectivity index (χ0) is 14.1. The van der Waals surface area contributed by atoms with Gasteiger partial charge < -0.3 is 5.32 Å². The van der Waals surface area contributed by atoms with E-state index in [1.54, 1.807) is 0 Å². The molecular weight excluding hydrogens is 258 g/mol. The summed E-state index contributed by atoms with van der Waals surface area (Å²) in [7, 11) is 0. The highest BCUT2D eigenvalue weighted by molar-refractivity contribution is 5.93. The molecular formula is C16H18F2N2. The highest BCUT2D eigenvalue weighted by Gasteiger charge is 2.19. The summed E-state index contributed by atoms with van der Waals surface area (Å²) in [5.74, 6) is -1.64. The van der Waals surface area contributed by atoms with Crippen molar-refractivity contribution in [3.05, 3.63) is 35.0 Å². The molecule has 1 heterocycles. The fraction of sp³-hybridized carbons (Fsp3) is 0.438. The van der Waals surface area contributed by atoms with Crippen molar-refractivity contribution in [1.29, 1.82) is 0 Å². The summed E-state index contributed by atoms with van der Waals surface area (Å²) in [5, 5.41) is 4.08. The Labute approximate surface area is 117 Å². The first-order valence-corrected chi connectivity index (χ1v) is 7.25. The van der Waals surface area contributed by atoms with Crippen molar-refractivity contribution in [3.63, 3.8) is 0 Å². The number of anilines is 1. The summed E-state index contributed by atoms with van der Waals surface area (Å²) >= 11 is 0. The summed E-state index contributed by atoms with van der Waals surface area (Å²) in [4.78, 5) is 4.54. The standard InChI is InChI=1S/C16H18F2N2/c1-2-7-19-16-10-5-3-4-6-14(10)20-15-9-13(18)12(17)8-11(15)16/h8-9H,2-7H2,1H3,(H,19,20). The number of pyridine rings is 1. The second-order valence-electron chi connectivity index (χ2n) is 5.33. The summed E-state index contributed by atoms with van der Waals surface area (Å²) in [6.45, 7) is 2.91. The Kier molecular flexibility index (Phi) is 3.55. The lowest BCUT2D eigenvalue weighted by atomic mass is 9.92. The Morgan fingerprint density at radius 1 is 1.15 bits per heavy atom. The van der Waals surface area contributed by atoms with Crippen LogP contribution < -0.4 is 5.32 Å². The summed E-state index contributed by atoms with van der Waals surface area (Å²) in [5.41, 5.74) is 3.71. The van der Waals surface area contributed by atoms with Crippen molar-refractivity contribution in [2.24, 2.45) is 0 Å². The average Bonchev–Trinajstić information content (AvgIpc) is 2.45. The SMILES string of the molecule is CCCNc1c2c(nc3cc(F)c(F)cc13)CCCC2. The van der Waals surface area contributed by atoms with Gasteiger partial charge in [-0.15, -0.1) is 0 Å². The van der Waals surface area contributed by atoms with Crippen LogP contribution in [0.5, 0.6) is 0 Å². The first-order valence-electron chi connectivity index (χ1n) is 7.25. The minimum atomic E-state index is -0.831. The van der Waals surface area contributed by atoms with Crippen LogP contribution in [0.15, 0.2) is 12.1 Å². The summed E-state index contributed by atoms with van der Waals surface area (Å²) in [6.07, 6.45) is 5.11. The van der Waals surface area contributed by atoms with Gasteiger partial charge in [-0.25, -0.2) is 8.78 Å². The van der Waals surface area contributed by atoms with Gasteiger partial charge in [0.2, 0.25) is 0 Å². The largest absolute Gasteiger partial charge is 0.384 e. The number of aromatic nitrogens is 1. The number of rotatable bonds is 3. The molecule has 4 heteroatoms. The number of hydrogen-bond donors (Lipinski definition) is 1. The van der Waals surface area contributed by atoms with Crippen molar-refractivity contribution in [2.75, 3.05) is 11.9 Å².